The van der Waals surface area contributed by atoms with Gasteiger partial charge in [0.15, 0.2) is 0 Å². The molecule has 0 atom stereocenters. The van der Waals surface area contributed by atoms with E-state index in [-0.39, 0.29) is 17.4 Å². The molecule has 0 saturated heterocycles. The van der Waals surface area contributed by atoms with Crippen LogP contribution in [0.2, 0.25) is 0 Å². The minimum Gasteiger partial charge on any atom is -0.489 e. The monoisotopic (exact) mass is 308 g/mol. The number of rotatable bonds is 4. The van der Waals surface area contributed by atoms with E-state index in [1.54, 1.807) is 13.0 Å². The lowest BCUT2D eigenvalue weighted by Crippen LogP contribution is -2.16. The summed E-state index contributed by atoms with van der Waals surface area (Å²) in [5.74, 6) is -1.10. The number of ether oxygens (including phenoxy) is 2. The summed E-state index contributed by atoms with van der Waals surface area (Å²) in [5.41, 5.74) is 1.21. The maximum Gasteiger partial charge on any atom is 0.344 e. The number of carbonyl (C=O) groups excluding carboxylic acids is 1. The first-order chi connectivity index (χ1) is 10.5. The minimum absolute atomic E-state index is 0.0400. The molecule has 1 aromatic carbocycles. The van der Waals surface area contributed by atoms with Gasteiger partial charge in [-0.3, -0.25) is 0 Å². The molecule has 22 heavy (non-hydrogen) atoms. The van der Waals surface area contributed by atoms with Crippen LogP contribution in [-0.4, -0.2) is 19.2 Å². The van der Waals surface area contributed by atoms with Crippen LogP contribution in [0.25, 0.3) is 5.57 Å². The molecule has 1 fully saturated rings. The molecule has 122 valence electrons. The van der Waals surface area contributed by atoms with E-state index in [2.05, 4.69) is 11.3 Å². The molecular formula is C18H25FO3. The second-order valence-electron chi connectivity index (χ2n) is 5.13. The van der Waals surface area contributed by atoms with Gasteiger partial charge < -0.3 is 9.47 Å². The van der Waals surface area contributed by atoms with Crippen LogP contribution in [0, 0.1) is 5.82 Å². The third-order valence-electron chi connectivity index (χ3n) is 3.53. The summed E-state index contributed by atoms with van der Waals surface area (Å²) in [4.78, 5) is 11.7. The van der Waals surface area contributed by atoms with Gasteiger partial charge >= 0.3 is 5.97 Å². The molecule has 0 unspecified atom stereocenters. The number of halogens is 1. The van der Waals surface area contributed by atoms with Gasteiger partial charge in [-0.15, -0.1) is 0 Å². The van der Waals surface area contributed by atoms with Crippen molar-refractivity contribution in [3.05, 3.63) is 35.7 Å². The Balaban J connectivity index is 0.00000116. The van der Waals surface area contributed by atoms with Gasteiger partial charge in [0.1, 0.15) is 17.1 Å². The van der Waals surface area contributed by atoms with Crippen LogP contribution in [-0.2, 0) is 4.74 Å². The lowest BCUT2D eigenvalue weighted by molar-refractivity contribution is 0.0587. The Kier molecular flexibility index (Phi) is 7.09. The third kappa shape index (κ3) is 4.33. The van der Waals surface area contributed by atoms with Crippen LogP contribution in [0.3, 0.4) is 0 Å². The average molecular weight is 308 g/mol. The molecule has 4 heteroatoms. The zero-order valence-corrected chi connectivity index (χ0v) is 13.9. The van der Waals surface area contributed by atoms with E-state index in [9.17, 15) is 9.18 Å². The van der Waals surface area contributed by atoms with Crippen molar-refractivity contribution in [1.29, 1.82) is 0 Å². The summed E-state index contributed by atoms with van der Waals surface area (Å²) in [5, 5.41) is 0. The van der Waals surface area contributed by atoms with E-state index in [1.165, 1.54) is 13.2 Å². The van der Waals surface area contributed by atoms with E-state index in [1.807, 2.05) is 13.8 Å². The maximum atomic E-state index is 14.2. The van der Waals surface area contributed by atoms with E-state index < -0.39 is 11.8 Å². The first kappa shape index (κ1) is 18.2. The Bertz CT molecular complexity index is 531. The van der Waals surface area contributed by atoms with Crippen LogP contribution in [0.5, 0.6) is 5.75 Å². The van der Waals surface area contributed by atoms with Gasteiger partial charge in [0.05, 0.1) is 13.2 Å². The molecule has 0 bridgehead atoms. The molecule has 1 saturated carbocycles. The smallest absolute Gasteiger partial charge is 0.344 e. The summed E-state index contributed by atoms with van der Waals surface area (Å²) in [6.07, 6.45) is 4.10. The third-order valence-corrected chi connectivity index (χ3v) is 3.53. The Morgan fingerprint density at radius 2 is 1.86 bits per heavy atom. The number of esters is 1. The fourth-order valence-electron chi connectivity index (χ4n) is 2.41. The zero-order valence-electron chi connectivity index (χ0n) is 13.9. The van der Waals surface area contributed by atoms with Gasteiger partial charge in [-0.2, -0.15) is 0 Å². The van der Waals surface area contributed by atoms with Crippen molar-refractivity contribution in [2.24, 2.45) is 0 Å². The van der Waals surface area contributed by atoms with Crippen LogP contribution in [0.4, 0.5) is 4.39 Å². The summed E-state index contributed by atoms with van der Waals surface area (Å²) >= 11 is 0. The molecule has 3 nitrogen and oxygen atoms in total. The first-order valence-corrected chi connectivity index (χ1v) is 7.77. The zero-order chi connectivity index (χ0) is 16.7. The van der Waals surface area contributed by atoms with Crippen molar-refractivity contribution in [2.75, 3.05) is 7.11 Å². The summed E-state index contributed by atoms with van der Waals surface area (Å²) < 4.78 is 24.6. The Morgan fingerprint density at radius 1 is 1.27 bits per heavy atom. The van der Waals surface area contributed by atoms with Crippen molar-refractivity contribution in [2.45, 2.75) is 52.6 Å². The number of hydrogen-bond acceptors (Lipinski definition) is 3. The fraction of sp³-hybridized carbons (Fsp3) is 0.500. The highest BCUT2D eigenvalue weighted by molar-refractivity contribution is 5.93. The summed E-state index contributed by atoms with van der Waals surface area (Å²) in [6.45, 7) is 9.58. The molecule has 1 aliphatic carbocycles. The summed E-state index contributed by atoms with van der Waals surface area (Å²) in [7, 11) is 1.23. The quantitative estimate of drug-likeness (QED) is 0.735. The van der Waals surface area contributed by atoms with Gasteiger partial charge in [-0.05, 0) is 50.3 Å². The van der Waals surface area contributed by atoms with Gasteiger partial charge in [0.2, 0.25) is 0 Å². The van der Waals surface area contributed by atoms with E-state index in [0.717, 1.165) is 31.3 Å². The number of benzene rings is 1. The lowest BCUT2D eigenvalue weighted by Gasteiger charge is -2.17. The molecular weight excluding hydrogens is 283 g/mol. The number of allylic oxidation sites excluding steroid dienone is 1. The Morgan fingerprint density at radius 3 is 2.36 bits per heavy atom. The molecule has 0 amide bonds. The molecule has 2 rings (SSSR count). The fourth-order valence-corrected chi connectivity index (χ4v) is 2.41. The highest BCUT2D eigenvalue weighted by Gasteiger charge is 2.24. The van der Waals surface area contributed by atoms with Crippen LogP contribution in [0.1, 0.15) is 62.4 Å². The van der Waals surface area contributed by atoms with E-state index in [0.29, 0.717) is 5.56 Å². The predicted molar refractivity (Wildman–Crippen MR) is 86.7 cm³/mol. The van der Waals surface area contributed by atoms with Crippen molar-refractivity contribution in [1.82, 2.24) is 0 Å². The van der Waals surface area contributed by atoms with Crippen molar-refractivity contribution >= 4 is 11.5 Å². The van der Waals surface area contributed by atoms with Crippen LogP contribution >= 0.6 is 0 Å². The summed E-state index contributed by atoms with van der Waals surface area (Å²) in [6, 6.07) is 2.95. The topological polar surface area (TPSA) is 35.5 Å². The van der Waals surface area contributed by atoms with Crippen molar-refractivity contribution in [3.8, 4) is 5.75 Å². The molecule has 0 aromatic heterocycles. The molecule has 1 aromatic rings. The molecule has 0 heterocycles. The number of methoxy groups -OCH3 is 1. The first-order valence-electron chi connectivity index (χ1n) is 7.77. The number of hydrogen-bond donors (Lipinski definition) is 0. The van der Waals surface area contributed by atoms with Gasteiger partial charge in [-0.1, -0.05) is 26.0 Å². The largest absolute Gasteiger partial charge is 0.489 e. The normalized spacial score (nSPS) is 14.0. The molecule has 0 aliphatic heterocycles. The molecule has 0 radical (unpaired) electrons. The SMILES string of the molecule is C=C(C)c1cc(F)c(C(=O)OC)c(OC2CCCC2)c1.CC. The van der Waals surface area contributed by atoms with Crippen LogP contribution < -0.4 is 4.74 Å². The lowest BCUT2D eigenvalue weighted by atomic mass is 10.0. The highest BCUT2D eigenvalue weighted by atomic mass is 19.1. The molecule has 0 N–H and O–H groups in total. The van der Waals surface area contributed by atoms with Gasteiger partial charge in [-0.25, -0.2) is 9.18 Å². The average Bonchev–Trinajstić information content (AvgIpc) is 3.01. The number of carbonyl (C=O) groups is 1. The Labute approximate surface area is 132 Å². The maximum absolute atomic E-state index is 14.2. The molecule has 1 aliphatic rings. The second-order valence-corrected chi connectivity index (χ2v) is 5.13. The standard InChI is InChI=1S/C16H19FO3.C2H6/c1-10(2)11-8-13(17)15(16(18)19-3)14(9-11)20-12-6-4-5-7-12;1-2/h8-9,12H,1,4-7H2,2-3H3;1-2H3. The Hall–Kier alpha value is -1.84. The van der Waals surface area contributed by atoms with Gasteiger partial charge in [0, 0.05) is 0 Å². The predicted octanol–water partition coefficient (Wildman–Crippen LogP) is 4.99. The van der Waals surface area contributed by atoms with Crippen molar-refractivity contribution < 1.29 is 18.7 Å². The minimum atomic E-state index is -0.719. The second kappa shape index (κ2) is 8.57. The van der Waals surface area contributed by atoms with Gasteiger partial charge in [0.25, 0.3) is 0 Å². The van der Waals surface area contributed by atoms with E-state index in [4.69, 9.17) is 4.74 Å². The molecule has 0 spiro atoms. The highest BCUT2D eigenvalue weighted by Crippen LogP contribution is 2.31. The van der Waals surface area contributed by atoms with E-state index >= 15 is 0 Å². The van der Waals surface area contributed by atoms with Crippen LogP contribution in [0.15, 0.2) is 18.7 Å². The van der Waals surface area contributed by atoms with Crippen molar-refractivity contribution in [3.63, 3.8) is 0 Å².